The third-order valence-corrected chi connectivity index (χ3v) is 7.15. The normalized spacial score (nSPS) is 11.6. The number of nitrogens with zero attached hydrogens (tertiary/aromatic N) is 1. The van der Waals surface area contributed by atoms with E-state index in [2.05, 4.69) is 10.6 Å². The Morgan fingerprint density at radius 1 is 0.878 bits per heavy atom. The molecule has 0 bridgehead atoms. The van der Waals surface area contributed by atoms with Gasteiger partial charge >= 0.3 is 15.8 Å². The van der Waals surface area contributed by atoms with Crippen molar-refractivity contribution in [3.8, 4) is 5.75 Å². The Labute approximate surface area is 236 Å². The molecule has 0 saturated carbocycles. The second-order valence-electron chi connectivity index (χ2n) is 8.50. The average molecular weight is 608 g/mol. The Morgan fingerprint density at radius 2 is 1.49 bits per heavy atom. The van der Waals surface area contributed by atoms with E-state index < -0.39 is 33.3 Å². The van der Waals surface area contributed by atoms with Gasteiger partial charge in [-0.05, 0) is 96.2 Å². The molecule has 41 heavy (non-hydrogen) atoms. The van der Waals surface area contributed by atoms with Crippen molar-refractivity contribution in [2.24, 2.45) is 0 Å². The topological polar surface area (TPSA) is 119 Å². The number of alkyl halides is 3. The first kappa shape index (κ1) is 29.7. The van der Waals surface area contributed by atoms with Crippen LogP contribution in [0.25, 0.3) is 0 Å². The summed E-state index contributed by atoms with van der Waals surface area (Å²) in [6.45, 7) is 0.330. The van der Waals surface area contributed by atoms with Gasteiger partial charge in [-0.1, -0.05) is 12.1 Å². The van der Waals surface area contributed by atoms with Gasteiger partial charge in [0.05, 0.1) is 5.69 Å². The van der Waals surface area contributed by atoms with E-state index in [1.54, 1.807) is 24.3 Å². The maximum atomic E-state index is 13.3. The van der Waals surface area contributed by atoms with E-state index in [4.69, 9.17) is 0 Å². The second-order valence-corrected chi connectivity index (χ2v) is 10.9. The number of phenols is 1. The maximum absolute atomic E-state index is 13.3. The zero-order valence-corrected chi connectivity index (χ0v) is 22.4. The van der Waals surface area contributed by atoms with Gasteiger partial charge in [0.2, 0.25) is 0 Å². The van der Waals surface area contributed by atoms with Crippen molar-refractivity contribution in [3.05, 3.63) is 108 Å². The molecule has 4 aromatic rings. The minimum atomic E-state index is -4.96. The first-order valence-electron chi connectivity index (χ1n) is 11.6. The van der Waals surface area contributed by atoms with Crippen LogP contribution in [0, 0.1) is 5.82 Å². The monoisotopic (exact) mass is 607 g/mol. The summed E-state index contributed by atoms with van der Waals surface area (Å²) in [6.07, 6.45) is 0. The van der Waals surface area contributed by atoms with Crippen molar-refractivity contribution in [2.75, 3.05) is 14.9 Å². The van der Waals surface area contributed by atoms with Crippen molar-refractivity contribution in [1.29, 1.82) is 0 Å². The third-order valence-electron chi connectivity index (χ3n) is 5.54. The summed E-state index contributed by atoms with van der Waals surface area (Å²) in [5.74, 6) is -1.74. The first-order chi connectivity index (χ1) is 19.3. The quantitative estimate of drug-likeness (QED) is 0.0704. The van der Waals surface area contributed by atoms with Crippen molar-refractivity contribution in [1.82, 2.24) is 0 Å². The molecule has 0 fully saturated rings. The maximum Gasteiger partial charge on any atom is 0.446 e. The molecule has 0 atom stereocenters. The molecule has 4 aromatic carbocycles. The van der Waals surface area contributed by atoms with Crippen molar-refractivity contribution in [3.63, 3.8) is 0 Å². The number of anilines is 4. The first-order valence-corrected chi connectivity index (χ1v) is 13.9. The van der Waals surface area contributed by atoms with E-state index in [9.17, 15) is 40.4 Å². The molecular formula is C27H21F4N3O5S2. The molecule has 0 aliphatic heterocycles. The van der Waals surface area contributed by atoms with E-state index in [0.717, 1.165) is 42.0 Å². The number of rotatable bonds is 9. The number of hydrogen-bond acceptors (Lipinski definition) is 6. The number of carbonyl (C=O) groups is 1. The lowest BCUT2D eigenvalue weighted by Crippen LogP contribution is -2.25. The number of halogens is 4. The SMILES string of the molecule is O=C(Nc1ccc(O)c(N(c2ccc(F)cc2)S(=O)(=O)O)c1)c1ccc(NCc2ccc(SC(F)(F)F)cc2)cc1. The largest absolute Gasteiger partial charge is 0.506 e. The minimum absolute atomic E-state index is 0.0820. The van der Waals surface area contributed by atoms with Gasteiger partial charge in [0, 0.05) is 28.4 Å². The van der Waals surface area contributed by atoms with Gasteiger partial charge in [0.15, 0.2) is 0 Å². The third kappa shape index (κ3) is 8.13. The van der Waals surface area contributed by atoms with Crippen LogP contribution in [-0.4, -0.2) is 29.5 Å². The van der Waals surface area contributed by atoms with E-state index in [1.807, 2.05) is 0 Å². The average Bonchev–Trinajstić information content (AvgIpc) is 2.90. The van der Waals surface area contributed by atoms with Gasteiger partial charge in [0.25, 0.3) is 5.91 Å². The predicted molar refractivity (Wildman–Crippen MR) is 148 cm³/mol. The van der Waals surface area contributed by atoms with E-state index >= 15 is 0 Å². The van der Waals surface area contributed by atoms with Gasteiger partial charge in [-0.3, -0.25) is 9.35 Å². The van der Waals surface area contributed by atoms with Crippen LogP contribution < -0.4 is 14.9 Å². The Kier molecular flexibility index (Phi) is 8.75. The van der Waals surface area contributed by atoms with E-state index in [1.165, 1.54) is 30.3 Å². The molecule has 1 amide bonds. The molecule has 0 spiro atoms. The van der Waals surface area contributed by atoms with Crippen LogP contribution in [0.3, 0.4) is 0 Å². The molecule has 0 unspecified atom stereocenters. The summed E-state index contributed by atoms with van der Waals surface area (Å²) >= 11 is -0.192. The number of benzene rings is 4. The lowest BCUT2D eigenvalue weighted by molar-refractivity contribution is -0.0328. The Bertz CT molecular complexity index is 1630. The molecule has 4 N–H and O–H groups in total. The number of carbonyl (C=O) groups excluding carboxylic acids is 1. The number of amides is 1. The molecule has 0 aliphatic rings. The molecule has 0 heterocycles. The Hall–Kier alpha value is -4.27. The predicted octanol–water partition coefficient (Wildman–Crippen LogP) is 6.95. The van der Waals surface area contributed by atoms with Crippen molar-refractivity contribution < 1.29 is 40.4 Å². The highest BCUT2D eigenvalue weighted by atomic mass is 32.2. The Balaban J connectivity index is 1.43. The van der Waals surface area contributed by atoms with Crippen LogP contribution in [0.4, 0.5) is 40.3 Å². The molecule has 214 valence electrons. The highest BCUT2D eigenvalue weighted by Crippen LogP contribution is 2.38. The van der Waals surface area contributed by atoms with Crippen LogP contribution in [-0.2, 0) is 16.8 Å². The number of hydrogen-bond donors (Lipinski definition) is 4. The van der Waals surface area contributed by atoms with Crippen LogP contribution in [0.2, 0.25) is 0 Å². The van der Waals surface area contributed by atoms with Gasteiger partial charge < -0.3 is 15.7 Å². The minimum Gasteiger partial charge on any atom is -0.506 e. The standard InChI is InChI=1S/C27H21F4N3O5S2/c28-19-5-10-22(11-6-19)34(41(37,38)39)24-15-21(9-14-25(24)35)33-26(36)18-3-7-20(8-4-18)32-16-17-1-12-23(13-2-17)40-27(29,30)31/h1-15,32,35H,16H2,(H,33,36)(H,37,38,39). The molecule has 4 rings (SSSR count). The summed E-state index contributed by atoms with van der Waals surface area (Å²) < 4.78 is 85.1. The molecule has 0 aromatic heterocycles. The summed E-state index contributed by atoms with van der Waals surface area (Å²) in [4.78, 5) is 12.9. The summed E-state index contributed by atoms with van der Waals surface area (Å²) in [5, 5.41) is 16.0. The molecule has 0 saturated heterocycles. The molecule has 14 heteroatoms. The highest BCUT2D eigenvalue weighted by Gasteiger charge is 2.29. The van der Waals surface area contributed by atoms with Gasteiger partial charge in [-0.15, -0.1) is 0 Å². The van der Waals surface area contributed by atoms with Crippen molar-refractivity contribution in [2.45, 2.75) is 16.9 Å². The lowest BCUT2D eigenvalue weighted by Gasteiger charge is -2.22. The zero-order chi connectivity index (χ0) is 29.8. The van der Waals surface area contributed by atoms with Crippen LogP contribution in [0.1, 0.15) is 15.9 Å². The number of nitrogens with one attached hydrogen (secondary N) is 2. The lowest BCUT2D eigenvalue weighted by atomic mass is 10.1. The van der Waals surface area contributed by atoms with Crippen molar-refractivity contribution >= 4 is 50.7 Å². The summed E-state index contributed by atoms with van der Waals surface area (Å²) in [7, 11) is -4.96. The number of thioether (sulfide) groups is 1. The van der Waals surface area contributed by atoms with E-state index in [-0.39, 0.29) is 39.3 Å². The Morgan fingerprint density at radius 3 is 2.07 bits per heavy atom. The van der Waals surface area contributed by atoms with Gasteiger partial charge in [-0.25, -0.2) is 8.70 Å². The smallest absolute Gasteiger partial charge is 0.446 e. The zero-order valence-electron chi connectivity index (χ0n) is 20.8. The summed E-state index contributed by atoms with van der Waals surface area (Å²) in [6, 6.07) is 19.9. The van der Waals surface area contributed by atoms with Crippen LogP contribution >= 0.6 is 11.8 Å². The summed E-state index contributed by atoms with van der Waals surface area (Å²) in [5.41, 5.74) is -3.18. The van der Waals surface area contributed by atoms with Crippen LogP contribution in [0.5, 0.6) is 5.75 Å². The number of phenolic OH excluding ortho intramolecular Hbond substituents is 1. The fourth-order valence-corrected chi connectivity index (χ4v) is 5.02. The fraction of sp³-hybridized carbons (Fsp3) is 0.0741. The number of aromatic hydroxyl groups is 1. The van der Waals surface area contributed by atoms with Gasteiger partial charge in [0.1, 0.15) is 17.3 Å². The molecule has 8 nitrogen and oxygen atoms in total. The molecular weight excluding hydrogens is 586 g/mol. The molecule has 0 aliphatic carbocycles. The fourth-order valence-electron chi connectivity index (χ4n) is 3.69. The van der Waals surface area contributed by atoms with E-state index in [0.29, 0.717) is 16.5 Å². The second kappa shape index (κ2) is 12.1. The van der Waals surface area contributed by atoms with Crippen LogP contribution in [0.15, 0.2) is 95.9 Å². The van der Waals surface area contributed by atoms with Gasteiger partial charge in [-0.2, -0.15) is 21.6 Å². The molecule has 0 radical (unpaired) electrons. The highest BCUT2D eigenvalue weighted by molar-refractivity contribution is 8.00.